The van der Waals surface area contributed by atoms with Crippen LogP contribution >= 0.6 is 0 Å². The van der Waals surface area contributed by atoms with Crippen LogP contribution in [0, 0.1) is 0 Å². The predicted molar refractivity (Wildman–Crippen MR) is 61.4 cm³/mol. The number of carbonyl (C=O) groups excluding carboxylic acids is 1. The van der Waals surface area contributed by atoms with Crippen LogP contribution in [0.4, 0.5) is 0 Å². The van der Waals surface area contributed by atoms with Gasteiger partial charge in [0.25, 0.3) is 5.91 Å². The molecule has 1 aromatic carbocycles. The minimum Gasteiger partial charge on any atom is -0.410 e. The van der Waals surface area contributed by atoms with Gasteiger partial charge >= 0.3 is 0 Å². The monoisotopic (exact) mass is 221 g/mol. The molecule has 0 aliphatic carbocycles. The lowest BCUT2D eigenvalue weighted by Crippen LogP contribution is -2.33. The minimum absolute atomic E-state index is 0.0117. The summed E-state index contributed by atoms with van der Waals surface area (Å²) in [5.74, 6) is -0.401. The first-order chi connectivity index (χ1) is 7.79. The van der Waals surface area contributed by atoms with Gasteiger partial charge in [0.05, 0.1) is 0 Å². The van der Waals surface area contributed by atoms with E-state index in [0.29, 0.717) is 25.1 Å². The van der Waals surface area contributed by atoms with E-state index in [0.717, 1.165) is 0 Å². The Hall–Kier alpha value is -1.88. The number of benzene rings is 1. The number of rotatable bonds is 5. The topological polar surface area (TPSA) is 87.7 Å². The first-order valence-corrected chi connectivity index (χ1v) is 5.05. The number of oxime groups is 1. The zero-order valence-corrected chi connectivity index (χ0v) is 8.89. The van der Waals surface area contributed by atoms with Crippen LogP contribution in [0.2, 0.25) is 0 Å². The van der Waals surface area contributed by atoms with Crippen molar-refractivity contribution in [2.75, 3.05) is 13.1 Å². The summed E-state index contributed by atoms with van der Waals surface area (Å²) in [6.45, 7) is 0.985. The first-order valence-electron chi connectivity index (χ1n) is 5.05. The molecule has 1 rings (SSSR count). The first kappa shape index (κ1) is 12.2. The van der Waals surface area contributed by atoms with Crippen LogP contribution in [0.15, 0.2) is 35.5 Å². The number of hydrogen-bond donors (Lipinski definition) is 3. The normalized spacial score (nSPS) is 11.2. The maximum Gasteiger partial charge on any atom is 0.273 e. The van der Waals surface area contributed by atoms with E-state index in [2.05, 4.69) is 10.5 Å². The molecule has 0 aliphatic heterocycles. The van der Waals surface area contributed by atoms with Crippen molar-refractivity contribution in [3.05, 3.63) is 35.9 Å². The Labute approximate surface area is 94.0 Å². The second-order valence-electron chi connectivity index (χ2n) is 3.21. The van der Waals surface area contributed by atoms with Crippen LogP contribution in [0.1, 0.15) is 12.0 Å². The van der Waals surface area contributed by atoms with Crippen molar-refractivity contribution in [3.8, 4) is 0 Å². The average molecular weight is 221 g/mol. The highest BCUT2D eigenvalue weighted by Gasteiger charge is 2.13. The van der Waals surface area contributed by atoms with Gasteiger partial charge in [-0.1, -0.05) is 35.5 Å². The molecule has 1 aromatic rings. The third-order valence-electron chi connectivity index (χ3n) is 2.03. The summed E-state index contributed by atoms with van der Waals surface area (Å²) in [7, 11) is 0. The molecular weight excluding hydrogens is 206 g/mol. The van der Waals surface area contributed by atoms with E-state index in [1.807, 2.05) is 6.07 Å². The smallest absolute Gasteiger partial charge is 0.273 e. The van der Waals surface area contributed by atoms with Crippen LogP contribution < -0.4 is 11.1 Å². The minimum atomic E-state index is -0.401. The van der Waals surface area contributed by atoms with E-state index in [4.69, 9.17) is 10.9 Å². The second-order valence-corrected chi connectivity index (χ2v) is 3.21. The molecule has 0 aromatic heterocycles. The largest absolute Gasteiger partial charge is 0.410 e. The SMILES string of the molecule is NCCCNC(=O)C(=NO)c1ccccc1. The number of nitrogens with one attached hydrogen (secondary N) is 1. The van der Waals surface area contributed by atoms with Gasteiger partial charge in [0.2, 0.25) is 0 Å². The predicted octanol–water partition coefficient (Wildman–Crippen LogP) is 0.330. The van der Waals surface area contributed by atoms with Crippen molar-refractivity contribution in [1.82, 2.24) is 5.32 Å². The van der Waals surface area contributed by atoms with E-state index in [9.17, 15) is 4.79 Å². The van der Waals surface area contributed by atoms with Crippen LogP contribution in [-0.2, 0) is 4.79 Å². The molecule has 4 N–H and O–H groups in total. The number of hydrogen-bond acceptors (Lipinski definition) is 4. The Morgan fingerprint density at radius 2 is 2.06 bits per heavy atom. The van der Waals surface area contributed by atoms with Gasteiger partial charge < -0.3 is 16.3 Å². The van der Waals surface area contributed by atoms with Crippen LogP contribution in [0.5, 0.6) is 0 Å². The molecule has 16 heavy (non-hydrogen) atoms. The van der Waals surface area contributed by atoms with Gasteiger partial charge in [-0.3, -0.25) is 4.79 Å². The zero-order chi connectivity index (χ0) is 11.8. The fourth-order valence-corrected chi connectivity index (χ4v) is 1.22. The van der Waals surface area contributed by atoms with Gasteiger partial charge in [-0.25, -0.2) is 0 Å². The van der Waals surface area contributed by atoms with Crippen molar-refractivity contribution in [1.29, 1.82) is 0 Å². The maximum atomic E-state index is 11.6. The summed E-state index contributed by atoms with van der Waals surface area (Å²) in [6, 6.07) is 8.78. The van der Waals surface area contributed by atoms with Gasteiger partial charge in [0, 0.05) is 12.1 Å². The van der Waals surface area contributed by atoms with Gasteiger partial charge in [-0.2, -0.15) is 0 Å². The number of amides is 1. The van der Waals surface area contributed by atoms with Crippen molar-refractivity contribution in [2.45, 2.75) is 6.42 Å². The van der Waals surface area contributed by atoms with Crippen molar-refractivity contribution in [3.63, 3.8) is 0 Å². The Balaban J connectivity index is 2.66. The van der Waals surface area contributed by atoms with Gasteiger partial charge in [0.15, 0.2) is 5.71 Å². The summed E-state index contributed by atoms with van der Waals surface area (Å²) < 4.78 is 0. The highest BCUT2D eigenvalue weighted by atomic mass is 16.4. The van der Waals surface area contributed by atoms with Gasteiger partial charge in [-0.05, 0) is 13.0 Å². The molecule has 0 heterocycles. The number of carbonyl (C=O) groups is 1. The standard InChI is InChI=1S/C11H15N3O2/c12-7-4-8-13-11(15)10(14-16)9-5-2-1-3-6-9/h1-3,5-6,16H,4,7-8,12H2,(H,13,15). The summed E-state index contributed by atoms with van der Waals surface area (Å²) >= 11 is 0. The quantitative estimate of drug-likeness (QED) is 0.290. The van der Waals surface area contributed by atoms with Crippen LogP contribution in [0.25, 0.3) is 0 Å². The molecule has 0 saturated carbocycles. The van der Waals surface area contributed by atoms with E-state index < -0.39 is 5.91 Å². The molecule has 0 atom stereocenters. The zero-order valence-electron chi connectivity index (χ0n) is 8.89. The summed E-state index contributed by atoms with van der Waals surface area (Å²) in [5.41, 5.74) is 5.89. The maximum absolute atomic E-state index is 11.6. The van der Waals surface area contributed by atoms with E-state index in [-0.39, 0.29) is 5.71 Å². The average Bonchev–Trinajstić information content (AvgIpc) is 2.32. The van der Waals surface area contributed by atoms with Gasteiger partial charge in [-0.15, -0.1) is 0 Å². The molecule has 0 radical (unpaired) electrons. The molecule has 5 heteroatoms. The molecule has 0 aliphatic rings. The Morgan fingerprint density at radius 3 is 2.62 bits per heavy atom. The number of nitrogens with zero attached hydrogens (tertiary/aromatic N) is 1. The lowest BCUT2D eigenvalue weighted by atomic mass is 10.1. The summed E-state index contributed by atoms with van der Waals surface area (Å²) in [6.07, 6.45) is 0.694. The summed E-state index contributed by atoms with van der Waals surface area (Å²) in [4.78, 5) is 11.6. The second kappa shape index (κ2) is 6.58. The molecule has 0 spiro atoms. The molecule has 86 valence electrons. The van der Waals surface area contributed by atoms with Crippen LogP contribution in [-0.4, -0.2) is 29.9 Å². The van der Waals surface area contributed by atoms with Crippen molar-refractivity contribution in [2.24, 2.45) is 10.9 Å². The molecule has 1 amide bonds. The van der Waals surface area contributed by atoms with Crippen LogP contribution in [0.3, 0.4) is 0 Å². The molecular formula is C11H15N3O2. The van der Waals surface area contributed by atoms with E-state index in [1.54, 1.807) is 24.3 Å². The Bertz CT molecular complexity index is 363. The molecule has 5 nitrogen and oxygen atoms in total. The third kappa shape index (κ3) is 3.36. The molecule has 0 bridgehead atoms. The van der Waals surface area contributed by atoms with Crippen molar-refractivity contribution < 1.29 is 10.0 Å². The highest BCUT2D eigenvalue weighted by molar-refractivity contribution is 6.45. The molecule has 0 saturated heterocycles. The Morgan fingerprint density at radius 1 is 1.38 bits per heavy atom. The van der Waals surface area contributed by atoms with E-state index >= 15 is 0 Å². The lowest BCUT2D eigenvalue weighted by Gasteiger charge is -2.05. The number of nitrogens with two attached hydrogens (primary N) is 1. The van der Waals surface area contributed by atoms with E-state index in [1.165, 1.54) is 0 Å². The lowest BCUT2D eigenvalue weighted by molar-refractivity contribution is -0.114. The summed E-state index contributed by atoms with van der Waals surface area (Å²) in [5, 5.41) is 14.4. The molecule has 0 unspecified atom stereocenters. The Kier molecular flexibility index (Phi) is 5.01. The third-order valence-corrected chi connectivity index (χ3v) is 2.03. The van der Waals surface area contributed by atoms with Crippen molar-refractivity contribution >= 4 is 11.6 Å². The fourth-order valence-electron chi connectivity index (χ4n) is 1.22. The highest BCUT2D eigenvalue weighted by Crippen LogP contribution is 2.01. The fraction of sp³-hybridized carbons (Fsp3) is 0.273. The molecule has 0 fully saturated rings. The van der Waals surface area contributed by atoms with Gasteiger partial charge in [0.1, 0.15) is 0 Å².